The summed E-state index contributed by atoms with van der Waals surface area (Å²) >= 11 is 0. The van der Waals surface area contributed by atoms with Crippen LogP contribution in [0.3, 0.4) is 0 Å². The lowest BCUT2D eigenvalue weighted by Gasteiger charge is -2.25. The molecule has 0 aromatic rings. The first-order chi connectivity index (χ1) is 29.5. The van der Waals surface area contributed by atoms with Crippen LogP contribution in [0.4, 0.5) is 0 Å². The smallest absolute Gasteiger partial charge is 0.387 e. The van der Waals surface area contributed by atoms with Crippen LogP contribution in [0, 0.1) is 0 Å². The Morgan fingerprint density at radius 3 is 1.31 bits per heavy atom. The van der Waals surface area contributed by atoms with Crippen molar-refractivity contribution in [3.05, 3.63) is 36.5 Å². The van der Waals surface area contributed by atoms with E-state index in [4.69, 9.17) is 9.05 Å². The second-order valence-corrected chi connectivity index (χ2v) is 20.3. The second kappa shape index (κ2) is 43.9. The molecule has 3 atom stereocenters. The third kappa shape index (κ3) is 46.5. The molecule has 8 nitrogen and oxygen atoms in total. The Kier molecular flexibility index (Phi) is 43.0. The maximum Gasteiger partial charge on any atom is 0.472 e. The molecule has 61 heavy (non-hydrogen) atoms. The zero-order valence-electron chi connectivity index (χ0n) is 40.9. The second-order valence-electron chi connectivity index (χ2n) is 18.9. The number of rotatable bonds is 47. The Morgan fingerprint density at radius 2 is 0.902 bits per heavy atom. The number of hydrogen-bond acceptors (Lipinski definition) is 5. The van der Waals surface area contributed by atoms with Crippen molar-refractivity contribution in [1.82, 2.24) is 5.32 Å². The number of quaternary nitrogens is 1. The monoisotopic (exact) mass is 882 g/mol. The molecule has 0 saturated heterocycles. The summed E-state index contributed by atoms with van der Waals surface area (Å²) < 4.78 is 23.6. The van der Waals surface area contributed by atoms with Crippen molar-refractivity contribution in [2.24, 2.45) is 0 Å². The summed E-state index contributed by atoms with van der Waals surface area (Å²) in [5, 5.41) is 13.8. The molecular formula is C52H102N2O6P+. The number of amides is 1. The van der Waals surface area contributed by atoms with Crippen LogP contribution in [0.5, 0.6) is 0 Å². The molecule has 0 heterocycles. The molecule has 0 aliphatic heterocycles. The van der Waals surface area contributed by atoms with E-state index < -0.39 is 20.0 Å². The topological polar surface area (TPSA) is 105 Å². The lowest BCUT2D eigenvalue weighted by atomic mass is 10.0. The van der Waals surface area contributed by atoms with Gasteiger partial charge in [0.2, 0.25) is 5.91 Å². The Morgan fingerprint density at radius 1 is 0.541 bits per heavy atom. The lowest BCUT2D eigenvalue weighted by Crippen LogP contribution is -2.45. The fourth-order valence-electron chi connectivity index (χ4n) is 7.49. The van der Waals surface area contributed by atoms with Crippen molar-refractivity contribution in [2.45, 2.75) is 251 Å². The number of aliphatic hydroxyl groups is 1. The molecule has 0 aliphatic carbocycles. The first-order valence-corrected chi connectivity index (χ1v) is 27.4. The molecule has 0 fully saturated rings. The average Bonchev–Trinajstić information content (AvgIpc) is 3.21. The molecule has 0 spiro atoms. The maximum absolute atomic E-state index is 12.9. The van der Waals surface area contributed by atoms with Crippen LogP contribution >= 0.6 is 7.82 Å². The van der Waals surface area contributed by atoms with E-state index in [9.17, 15) is 19.4 Å². The third-order valence-corrected chi connectivity index (χ3v) is 12.6. The molecule has 0 saturated carbocycles. The number of nitrogens with zero attached hydrogens (tertiary/aromatic N) is 1. The molecule has 9 heteroatoms. The van der Waals surface area contributed by atoms with Crippen LogP contribution < -0.4 is 5.32 Å². The first kappa shape index (κ1) is 59.7. The lowest BCUT2D eigenvalue weighted by molar-refractivity contribution is -0.870. The SMILES string of the molecule is CCCCCCCCCCCCCCCCCCC/C=C/CC/C=C/CC/C=C/C(O)C(COP(=O)(O)OCC[N+](C)(C)C)NC(=O)CCCCCCCCCCCCCC. The van der Waals surface area contributed by atoms with Gasteiger partial charge in [0.1, 0.15) is 13.2 Å². The molecule has 0 radical (unpaired) electrons. The van der Waals surface area contributed by atoms with Crippen molar-refractivity contribution in [3.8, 4) is 0 Å². The summed E-state index contributed by atoms with van der Waals surface area (Å²) in [6.07, 6.45) is 55.3. The number of nitrogens with one attached hydrogen (secondary N) is 1. The van der Waals surface area contributed by atoms with Gasteiger partial charge in [0.25, 0.3) is 0 Å². The van der Waals surface area contributed by atoms with E-state index in [1.807, 2.05) is 27.2 Å². The van der Waals surface area contributed by atoms with Gasteiger partial charge in [0.15, 0.2) is 0 Å². The minimum Gasteiger partial charge on any atom is -0.387 e. The van der Waals surface area contributed by atoms with Gasteiger partial charge < -0.3 is 19.8 Å². The number of carbonyl (C=O) groups excluding carboxylic acids is 1. The Labute approximate surface area is 378 Å². The van der Waals surface area contributed by atoms with Crippen LogP contribution in [0.15, 0.2) is 36.5 Å². The Bertz CT molecular complexity index is 1090. The number of carbonyl (C=O) groups is 1. The van der Waals surface area contributed by atoms with Gasteiger partial charge in [-0.15, -0.1) is 0 Å². The minimum atomic E-state index is -4.35. The highest BCUT2D eigenvalue weighted by molar-refractivity contribution is 7.47. The number of unbranched alkanes of at least 4 members (excludes halogenated alkanes) is 30. The number of aliphatic hydroxyl groups excluding tert-OH is 1. The molecule has 1 amide bonds. The van der Waals surface area contributed by atoms with Crippen LogP contribution in [-0.2, 0) is 18.4 Å². The average molecular weight is 882 g/mol. The third-order valence-electron chi connectivity index (χ3n) is 11.6. The molecule has 360 valence electrons. The van der Waals surface area contributed by atoms with Crippen LogP contribution in [0.1, 0.15) is 239 Å². The van der Waals surface area contributed by atoms with Gasteiger partial charge in [-0.25, -0.2) is 4.57 Å². The summed E-state index contributed by atoms with van der Waals surface area (Å²) in [7, 11) is 1.55. The van der Waals surface area contributed by atoms with E-state index in [1.54, 1.807) is 6.08 Å². The largest absolute Gasteiger partial charge is 0.472 e. The van der Waals surface area contributed by atoms with Gasteiger partial charge in [0.05, 0.1) is 39.9 Å². The predicted molar refractivity (Wildman–Crippen MR) is 263 cm³/mol. The summed E-state index contributed by atoms with van der Waals surface area (Å²) in [6, 6.07) is -0.866. The van der Waals surface area contributed by atoms with Crippen molar-refractivity contribution in [2.75, 3.05) is 40.9 Å². The van der Waals surface area contributed by atoms with Crippen molar-refractivity contribution >= 4 is 13.7 Å². The van der Waals surface area contributed by atoms with Crippen LogP contribution in [0.25, 0.3) is 0 Å². The van der Waals surface area contributed by atoms with E-state index in [1.165, 1.54) is 173 Å². The molecule has 3 unspecified atom stereocenters. The minimum absolute atomic E-state index is 0.0547. The van der Waals surface area contributed by atoms with Crippen LogP contribution in [-0.4, -0.2) is 73.4 Å². The van der Waals surface area contributed by atoms with Crippen molar-refractivity contribution < 1.29 is 32.9 Å². The Balaban J connectivity index is 4.27. The molecule has 0 aliphatic rings. The van der Waals surface area contributed by atoms with Gasteiger partial charge in [-0.2, -0.15) is 0 Å². The number of allylic oxidation sites excluding steroid dienone is 5. The summed E-state index contributed by atoms with van der Waals surface area (Å²) in [5.74, 6) is -0.191. The zero-order chi connectivity index (χ0) is 45.0. The van der Waals surface area contributed by atoms with E-state index in [2.05, 4.69) is 43.5 Å². The molecule has 0 aromatic carbocycles. The van der Waals surface area contributed by atoms with Crippen LogP contribution in [0.2, 0.25) is 0 Å². The van der Waals surface area contributed by atoms with Gasteiger partial charge in [-0.05, 0) is 44.9 Å². The van der Waals surface area contributed by atoms with Crippen molar-refractivity contribution in [3.63, 3.8) is 0 Å². The number of phosphoric ester groups is 1. The predicted octanol–water partition coefficient (Wildman–Crippen LogP) is 15.0. The highest BCUT2D eigenvalue weighted by atomic mass is 31.2. The maximum atomic E-state index is 12.9. The highest BCUT2D eigenvalue weighted by Crippen LogP contribution is 2.43. The summed E-state index contributed by atoms with van der Waals surface area (Å²) in [4.78, 5) is 23.1. The summed E-state index contributed by atoms with van der Waals surface area (Å²) in [6.45, 7) is 4.79. The Hall–Kier alpha value is -1.28. The number of hydrogen-bond donors (Lipinski definition) is 3. The highest BCUT2D eigenvalue weighted by Gasteiger charge is 2.27. The number of likely N-dealkylation sites (N-methyl/N-ethyl adjacent to an activating group) is 1. The molecular weight excluding hydrogens is 780 g/mol. The van der Waals surface area contributed by atoms with Crippen molar-refractivity contribution in [1.29, 1.82) is 0 Å². The van der Waals surface area contributed by atoms with Gasteiger partial charge in [-0.1, -0.05) is 224 Å². The zero-order valence-corrected chi connectivity index (χ0v) is 41.8. The van der Waals surface area contributed by atoms with E-state index >= 15 is 0 Å². The van der Waals surface area contributed by atoms with E-state index in [-0.39, 0.29) is 19.1 Å². The van der Waals surface area contributed by atoms with E-state index in [0.717, 1.165) is 44.9 Å². The standard InChI is InChI=1S/C52H101N2O6P/c1-6-8-10-12-14-16-18-20-21-22-23-24-25-26-27-28-29-30-31-32-33-34-35-37-39-41-43-45-51(55)50(49-60-61(57,58)59-48-47-54(3,4)5)53-52(56)46-44-42-40-38-36-19-17-15-13-11-9-7-2/h31-32,35,37,43,45,50-51,55H,6-30,33-34,36,38-42,44,46-49H2,1-5H3,(H-,53,56,57,58)/p+1/b32-31+,37-35+,45-43+. The molecule has 3 N–H and O–H groups in total. The molecule has 0 bridgehead atoms. The molecule has 0 rings (SSSR count). The van der Waals surface area contributed by atoms with Gasteiger partial charge in [-0.3, -0.25) is 13.8 Å². The van der Waals surface area contributed by atoms with Gasteiger partial charge in [0, 0.05) is 6.42 Å². The summed E-state index contributed by atoms with van der Waals surface area (Å²) in [5.41, 5.74) is 0. The fourth-order valence-corrected chi connectivity index (χ4v) is 8.22. The van der Waals surface area contributed by atoms with E-state index in [0.29, 0.717) is 17.4 Å². The fraction of sp³-hybridized carbons (Fsp3) is 0.865. The normalized spacial score (nSPS) is 14.4. The van der Waals surface area contributed by atoms with Gasteiger partial charge >= 0.3 is 7.82 Å². The first-order valence-electron chi connectivity index (χ1n) is 25.9. The quantitative estimate of drug-likeness (QED) is 0.0243. The molecule has 0 aromatic heterocycles. The number of phosphoric acid groups is 1.